The summed E-state index contributed by atoms with van der Waals surface area (Å²) in [6.45, 7) is 5.05. The zero-order valence-corrected chi connectivity index (χ0v) is 19.2. The highest BCUT2D eigenvalue weighted by Gasteiger charge is 2.16. The second-order valence-electron chi connectivity index (χ2n) is 7.91. The molecule has 2 aromatic rings. The summed E-state index contributed by atoms with van der Waals surface area (Å²) >= 11 is 0. The summed E-state index contributed by atoms with van der Waals surface area (Å²) in [5.74, 6) is -0.235. The molecule has 0 atom stereocenters. The Morgan fingerprint density at radius 2 is 1.78 bits per heavy atom. The van der Waals surface area contributed by atoms with E-state index in [0.29, 0.717) is 19.4 Å². The number of morpholine rings is 1. The van der Waals surface area contributed by atoms with Crippen molar-refractivity contribution in [3.8, 4) is 5.75 Å². The van der Waals surface area contributed by atoms with E-state index in [4.69, 9.17) is 9.47 Å². The van der Waals surface area contributed by atoms with Gasteiger partial charge in [0.15, 0.2) is 9.84 Å². The minimum absolute atomic E-state index is 0.00177. The van der Waals surface area contributed by atoms with Gasteiger partial charge in [-0.3, -0.25) is 9.69 Å². The first-order chi connectivity index (χ1) is 15.5. The topological polar surface area (TPSA) is 84.9 Å². The molecule has 1 fully saturated rings. The number of rotatable bonds is 12. The Morgan fingerprint density at radius 1 is 1.03 bits per heavy atom. The maximum atomic E-state index is 12.3. The molecule has 174 valence electrons. The minimum Gasteiger partial charge on any atom is -0.492 e. The molecule has 0 bridgehead atoms. The Labute approximate surface area is 190 Å². The molecule has 0 radical (unpaired) electrons. The third kappa shape index (κ3) is 8.98. The number of ether oxygens (including phenoxy) is 2. The van der Waals surface area contributed by atoms with Crippen molar-refractivity contribution < 1.29 is 22.7 Å². The number of amides is 1. The Kier molecular flexibility index (Phi) is 9.52. The van der Waals surface area contributed by atoms with E-state index >= 15 is 0 Å². The van der Waals surface area contributed by atoms with E-state index in [1.807, 2.05) is 54.6 Å². The van der Waals surface area contributed by atoms with Gasteiger partial charge in [-0.1, -0.05) is 42.5 Å². The van der Waals surface area contributed by atoms with Crippen molar-refractivity contribution in [2.24, 2.45) is 0 Å². The number of sulfone groups is 1. The molecule has 1 N–H and O–H groups in total. The first-order valence-electron chi connectivity index (χ1n) is 11.0. The van der Waals surface area contributed by atoms with Crippen molar-refractivity contribution >= 4 is 15.7 Å². The van der Waals surface area contributed by atoms with Crippen LogP contribution >= 0.6 is 0 Å². The Bertz CT molecular complexity index is 944. The highest BCUT2D eigenvalue weighted by molar-refractivity contribution is 7.92. The molecule has 0 aliphatic carbocycles. The van der Waals surface area contributed by atoms with Crippen molar-refractivity contribution in [2.45, 2.75) is 19.4 Å². The summed E-state index contributed by atoms with van der Waals surface area (Å²) in [5, 5.41) is 2.70. The zero-order chi connectivity index (χ0) is 22.7. The minimum atomic E-state index is -3.44. The molecule has 1 aliphatic heterocycles. The fraction of sp³-hybridized carbons (Fsp3) is 0.458. The van der Waals surface area contributed by atoms with Crippen LogP contribution in [0.25, 0.3) is 0 Å². The number of hydrogen-bond acceptors (Lipinski definition) is 6. The van der Waals surface area contributed by atoms with E-state index < -0.39 is 21.5 Å². The lowest BCUT2D eigenvalue weighted by Crippen LogP contribution is -2.38. The molecule has 32 heavy (non-hydrogen) atoms. The van der Waals surface area contributed by atoms with E-state index in [-0.39, 0.29) is 12.3 Å². The molecule has 8 heteroatoms. The molecule has 2 aromatic carbocycles. The van der Waals surface area contributed by atoms with Crippen LogP contribution < -0.4 is 10.1 Å². The van der Waals surface area contributed by atoms with E-state index in [9.17, 15) is 13.2 Å². The Morgan fingerprint density at radius 3 is 2.56 bits per heavy atom. The van der Waals surface area contributed by atoms with Crippen LogP contribution in [0.15, 0.2) is 54.6 Å². The zero-order valence-electron chi connectivity index (χ0n) is 18.4. The van der Waals surface area contributed by atoms with Crippen molar-refractivity contribution in [2.75, 3.05) is 51.0 Å². The SMILES string of the molecule is O=C(CS(=O)(=O)CCCc1ccccc1)NCc1cccc(OCCN2CCOCC2)c1. The molecule has 3 rings (SSSR count). The van der Waals surface area contributed by atoms with Crippen LogP contribution in [0.2, 0.25) is 0 Å². The van der Waals surface area contributed by atoms with Gasteiger partial charge in [0.25, 0.3) is 0 Å². The average Bonchev–Trinajstić information content (AvgIpc) is 2.79. The maximum absolute atomic E-state index is 12.3. The summed E-state index contributed by atoms with van der Waals surface area (Å²) in [6.07, 6.45) is 1.18. The highest BCUT2D eigenvalue weighted by Crippen LogP contribution is 2.13. The standard InChI is InChI=1S/C24H32N2O5S/c27-24(20-32(28,29)17-5-9-21-6-2-1-3-7-21)25-19-22-8-4-10-23(18-22)31-16-13-26-11-14-30-15-12-26/h1-4,6-8,10,18H,5,9,11-17,19-20H2,(H,25,27). The van der Waals surface area contributed by atoms with Gasteiger partial charge < -0.3 is 14.8 Å². The largest absolute Gasteiger partial charge is 0.492 e. The number of hydrogen-bond donors (Lipinski definition) is 1. The summed E-state index contributed by atoms with van der Waals surface area (Å²) in [6, 6.07) is 17.2. The number of aryl methyl sites for hydroxylation is 1. The van der Waals surface area contributed by atoms with Gasteiger partial charge in [-0.2, -0.15) is 0 Å². The lowest BCUT2D eigenvalue weighted by Gasteiger charge is -2.26. The highest BCUT2D eigenvalue weighted by atomic mass is 32.2. The second-order valence-corrected chi connectivity index (χ2v) is 10.1. The van der Waals surface area contributed by atoms with Gasteiger partial charge >= 0.3 is 0 Å². The van der Waals surface area contributed by atoms with Crippen LogP contribution in [0.4, 0.5) is 0 Å². The predicted octanol–water partition coefficient (Wildman–Crippen LogP) is 2.06. The van der Waals surface area contributed by atoms with Gasteiger partial charge in [-0.15, -0.1) is 0 Å². The number of nitrogens with one attached hydrogen (secondary N) is 1. The number of nitrogens with zero attached hydrogens (tertiary/aromatic N) is 1. The predicted molar refractivity (Wildman–Crippen MR) is 124 cm³/mol. The summed E-state index contributed by atoms with van der Waals surface area (Å²) < 4.78 is 35.7. The normalized spacial score (nSPS) is 14.8. The third-order valence-corrected chi connectivity index (χ3v) is 6.90. The van der Waals surface area contributed by atoms with Crippen LogP contribution in [0, 0.1) is 0 Å². The van der Waals surface area contributed by atoms with Crippen LogP contribution in [-0.2, 0) is 32.3 Å². The van der Waals surface area contributed by atoms with Gasteiger partial charge in [0, 0.05) is 26.2 Å². The number of carbonyl (C=O) groups excluding carboxylic acids is 1. The first kappa shape index (κ1) is 24.2. The molecule has 1 saturated heterocycles. The van der Waals surface area contributed by atoms with Crippen LogP contribution in [0.1, 0.15) is 17.5 Å². The molecule has 1 heterocycles. The van der Waals surface area contributed by atoms with E-state index in [1.54, 1.807) is 0 Å². The fourth-order valence-electron chi connectivity index (χ4n) is 3.53. The molecule has 0 unspecified atom stereocenters. The molecule has 1 aliphatic rings. The van der Waals surface area contributed by atoms with Gasteiger partial charge in [-0.25, -0.2) is 8.42 Å². The molecule has 0 spiro atoms. The third-order valence-electron chi connectivity index (χ3n) is 5.28. The average molecular weight is 461 g/mol. The van der Waals surface area contributed by atoms with Crippen molar-refractivity contribution in [3.63, 3.8) is 0 Å². The Hall–Kier alpha value is -2.42. The summed E-state index contributed by atoms with van der Waals surface area (Å²) in [5.41, 5.74) is 1.96. The van der Waals surface area contributed by atoms with Crippen LogP contribution in [0.3, 0.4) is 0 Å². The van der Waals surface area contributed by atoms with Crippen LogP contribution in [-0.4, -0.2) is 70.2 Å². The lowest BCUT2D eigenvalue weighted by atomic mass is 10.1. The van der Waals surface area contributed by atoms with Crippen molar-refractivity contribution in [1.82, 2.24) is 10.2 Å². The summed E-state index contributed by atoms with van der Waals surface area (Å²) in [4.78, 5) is 14.5. The molecule has 1 amide bonds. The molecule has 7 nitrogen and oxygen atoms in total. The molecule has 0 saturated carbocycles. The van der Waals surface area contributed by atoms with Gasteiger partial charge in [-0.05, 0) is 36.1 Å². The van der Waals surface area contributed by atoms with Gasteiger partial charge in [0.2, 0.25) is 5.91 Å². The van der Waals surface area contributed by atoms with Crippen molar-refractivity contribution in [1.29, 1.82) is 0 Å². The smallest absolute Gasteiger partial charge is 0.235 e. The molecular weight excluding hydrogens is 428 g/mol. The van der Waals surface area contributed by atoms with Gasteiger partial charge in [0.05, 0.1) is 19.0 Å². The second kappa shape index (κ2) is 12.6. The van der Waals surface area contributed by atoms with E-state index in [1.165, 1.54) is 0 Å². The maximum Gasteiger partial charge on any atom is 0.235 e. The lowest BCUT2D eigenvalue weighted by molar-refractivity contribution is -0.118. The van der Waals surface area contributed by atoms with Crippen LogP contribution in [0.5, 0.6) is 5.75 Å². The fourth-order valence-corrected chi connectivity index (χ4v) is 4.76. The number of carbonyl (C=O) groups is 1. The monoisotopic (exact) mass is 460 g/mol. The molecule has 0 aromatic heterocycles. The van der Waals surface area contributed by atoms with E-state index in [2.05, 4.69) is 10.2 Å². The Balaban J connectivity index is 1.36. The number of benzene rings is 2. The first-order valence-corrected chi connectivity index (χ1v) is 12.9. The molecular formula is C24H32N2O5S. The van der Waals surface area contributed by atoms with E-state index in [0.717, 1.165) is 49.7 Å². The summed E-state index contributed by atoms with van der Waals surface area (Å²) in [7, 11) is -3.44. The quantitative estimate of drug-likeness (QED) is 0.522. The van der Waals surface area contributed by atoms with Crippen molar-refractivity contribution in [3.05, 3.63) is 65.7 Å². The van der Waals surface area contributed by atoms with Gasteiger partial charge in [0.1, 0.15) is 18.1 Å².